The molecule has 0 bridgehead atoms. The Balaban J connectivity index is 2.48. The highest BCUT2D eigenvalue weighted by Gasteiger charge is 2.04. The Morgan fingerprint density at radius 3 is 2.80 bits per heavy atom. The van der Waals surface area contributed by atoms with Crippen LogP contribution in [0.5, 0.6) is 0 Å². The van der Waals surface area contributed by atoms with Crippen LogP contribution < -0.4 is 5.32 Å². The van der Waals surface area contributed by atoms with E-state index in [1.54, 1.807) is 0 Å². The van der Waals surface area contributed by atoms with E-state index in [9.17, 15) is 0 Å². The molecule has 0 radical (unpaired) electrons. The summed E-state index contributed by atoms with van der Waals surface area (Å²) in [6, 6.07) is 2.65. The van der Waals surface area contributed by atoms with E-state index in [-0.39, 0.29) is 0 Å². The van der Waals surface area contributed by atoms with Gasteiger partial charge in [0.2, 0.25) is 0 Å². The van der Waals surface area contributed by atoms with E-state index >= 15 is 0 Å². The van der Waals surface area contributed by atoms with Crippen LogP contribution in [-0.4, -0.2) is 36.7 Å². The number of hydrogen-bond acceptors (Lipinski definition) is 2. The van der Waals surface area contributed by atoms with Gasteiger partial charge >= 0.3 is 0 Å². The summed E-state index contributed by atoms with van der Waals surface area (Å²) in [5.74, 6) is 0. The van der Waals surface area contributed by atoms with Gasteiger partial charge in [-0.05, 0) is 39.2 Å². The van der Waals surface area contributed by atoms with Crippen molar-refractivity contribution in [1.29, 1.82) is 0 Å². The van der Waals surface area contributed by atoms with Gasteiger partial charge in [0.15, 0.2) is 0 Å². The lowest BCUT2D eigenvalue weighted by atomic mass is 10.2. The zero-order valence-electron chi connectivity index (χ0n) is 10.3. The highest BCUT2D eigenvalue weighted by Crippen LogP contribution is 2.12. The summed E-state index contributed by atoms with van der Waals surface area (Å²) in [6.45, 7) is 7.51. The zero-order chi connectivity index (χ0) is 11.3. The largest absolute Gasteiger partial charge is 0.353 e. The third-order valence-corrected chi connectivity index (χ3v) is 2.59. The van der Waals surface area contributed by atoms with Crippen molar-refractivity contribution >= 4 is 0 Å². The number of rotatable bonds is 6. The highest BCUT2D eigenvalue weighted by molar-refractivity contribution is 5.14. The fourth-order valence-corrected chi connectivity index (χ4v) is 1.59. The van der Waals surface area contributed by atoms with Crippen LogP contribution in [0, 0.1) is 0 Å². The molecule has 1 N–H and O–H groups in total. The summed E-state index contributed by atoms with van der Waals surface area (Å²) in [6.07, 6.45) is 4.39. The fraction of sp³-hybridized carbons (Fsp3) is 0.667. The smallest absolute Gasteiger partial charge is 0.0347 e. The van der Waals surface area contributed by atoms with Crippen LogP contribution in [0.25, 0.3) is 0 Å². The van der Waals surface area contributed by atoms with Crippen molar-refractivity contribution in [2.45, 2.75) is 26.4 Å². The van der Waals surface area contributed by atoms with E-state index in [4.69, 9.17) is 0 Å². The van der Waals surface area contributed by atoms with Gasteiger partial charge in [-0.3, -0.25) is 0 Å². The van der Waals surface area contributed by atoms with Crippen molar-refractivity contribution in [3.8, 4) is 0 Å². The normalized spacial score (nSPS) is 13.4. The third-order valence-electron chi connectivity index (χ3n) is 2.59. The third kappa shape index (κ3) is 4.06. The Bertz CT molecular complexity index is 278. The molecule has 0 fully saturated rings. The summed E-state index contributed by atoms with van der Waals surface area (Å²) in [7, 11) is 4.21. The van der Waals surface area contributed by atoms with Crippen molar-refractivity contribution in [2.24, 2.45) is 0 Å². The van der Waals surface area contributed by atoms with E-state index in [1.807, 2.05) is 0 Å². The van der Waals surface area contributed by atoms with Crippen LogP contribution in [0.15, 0.2) is 18.5 Å². The average Bonchev–Trinajstić information content (AvgIpc) is 2.63. The molecule has 1 unspecified atom stereocenters. The molecule has 0 aromatic carbocycles. The molecule has 1 rings (SSSR count). The second-order valence-corrected chi connectivity index (χ2v) is 4.27. The van der Waals surface area contributed by atoms with Gasteiger partial charge < -0.3 is 14.8 Å². The first-order chi connectivity index (χ1) is 7.13. The summed E-state index contributed by atoms with van der Waals surface area (Å²) in [5, 5.41) is 3.42. The van der Waals surface area contributed by atoms with E-state index in [0.717, 1.165) is 19.6 Å². The number of aromatic nitrogens is 1. The SMILES string of the molecule is CCNC(C)c1ccn(CCN(C)C)c1. The van der Waals surface area contributed by atoms with Gasteiger partial charge in [0.05, 0.1) is 0 Å². The zero-order valence-corrected chi connectivity index (χ0v) is 10.3. The number of nitrogens with one attached hydrogen (secondary N) is 1. The van der Waals surface area contributed by atoms with Crippen LogP contribution in [0.4, 0.5) is 0 Å². The molecule has 0 aliphatic rings. The minimum atomic E-state index is 0.454. The molecule has 0 saturated heterocycles. The first-order valence-electron chi connectivity index (χ1n) is 5.67. The average molecular weight is 209 g/mol. The molecule has 0 saturated carbocycles. The van der Waals surface area contributed by atoms with Crippen molar-refractivity contribution in [2.75, 3.05) is 27.2 Å². The van der Waals surface area contributed by atoms with Gasteiger partial charge in [-0.1, -0.05) is 6.92 Å². The molecule has 1 aromatic rings. The second kappa shape index (κ2) is 5.93. The Morgan fingerprint density at radius 2 is 2.20 bits per heavy atom. The summed E-state index contributed by atoms with van der Waals surface area (Å²) in [4.78, 5) is 2.20. The molecular formula is C12H23N3. The lowest BCUT2D eigenvalue weighted by Gasteiger charge is -2.11. The Morgan fingerprint density at radius 1 is 1.47 bits per heavy atom. The molecule has 3 nitrogen and oxygen atoms in total. The van der Waals surface area contributed by atoms with E-state index in [1.165, 1.54) is 5.56 Å². The Labute approximate surface area is 93.1 Å². The van der Waals surface area contributed by atoms with Crippen LogP contribution in [0.1, 0.15) is 25.5 Å². The monoisotopic (exact) mass is 209 g/mol. The van der Waals surface area contributed by atoms with Crippen molar-refractivity contribution in [3.05, 3.63) is 24.0 Å². The maximum Gasteiger partial charge on any atom is 0.0347 e. The molecular weight excluding hydrogens is 186 g/mol. The van der Waals surface area contributed by atoms with Gasteiger partial charge in [-0.2, -0.15) is 0 Å². The van der Waals surface area contributed by atoms with Crippen molar-refractivity contribution < 1.29 is 0 Å². The molecule has 1 heterocycles. The lowest BCUT2D eigenvalue weighted by molar-refractivity contribution is 0.384. The summed E-state index contributed by atoms with van der Waals surface area (Å²) in [5.41, 5.74) is 1.37. The molecule has 86 valence electrons. The summed E-state index contributed by atoms with van der Waals surface area (Å²) < 4.78 is 2.25. The standard InChI is InChI=1S/C12H23N3/c1-5-13-11(2)12-6-7-15(10-12)9-8-14(3)4/h6-7,10-11,13H,5,8-9H2,1-4H3. The van der Waals surface area contributed by atoms with Gasteiger partial charge in [-0.15, -0.1) is 0 Å². The molecule has 0 amide bonds. The summed E-state index contributed by atoms with van der Waals surface area (Å²) >= 11 is 0. The molecule has 0 aliphatic heterocycles. The molecule has 1 atom stereocenters. The molecule has 15 heavy (non-hydrogen) atoms. The van der Waals surface area contributed by atoms with E-state index < -0.39 is 0 Å². The maximum absolute atomic E-state index is 3.42. The van der Waals surface area contributed by atoms with Crippen LogP contribution in [0.2, 0.25) is 0 Å². The van der Waals surface area contributed by atoms with Gasteiger partial charge in [0.25, 0.3) is 0 Å². The lowest BCUT2D eigenvalue weighted by Crippen LogP contribution is -2.18. The predicted molar refractivity (Wildman–Crippen MR) is 65.1 cm³/mol. The number of nitrogens with zero attached hydrogens (tertiary/aromatic N) is 2. The first-order valence-corrected chi connectivity index (χ1v) is 5.67. The van der Waals surface area contributed by atoms with Gasteiger partial charge in [-0.25, -0.2) is 0 Å². The Kier molecular flexibility index (Phi) is 4.85. The van der Waals surface area contributed by atoms with Crippen molar-refractivity contribution in [1.82, 2.24) is 14.8 Å². The quantitative estimate of drug-likeness (QED) is 0.770. The van der Waals surface area contributed by atoms with Crippen LogP contribution in [-0.2, 0) is 6.54 Å². The number of hydrogen-bond donors (Lipinski definition) is 1. The predicted octanol–water partition coefficient (Wildman–Crippen LogP) is 1.72. The van der Waals surface area contributed by atoms with E-state index in [0.29, 0.717) is 6.04 Å². The highest BCUT2D eigenvalue weighted by atomic mass is 15.1. The van der Waals surface area contributed by atoms with Gasteiger partial charge in [0, 0.05) is 31.5 Å². The number of likely N-dealkylation sites (N-methyl/N-ethyl adjacent to an activating group) is 1. The Hall–Kier alpha value is -0.800. The van der Waals surface area contributed by atoms with Crippen LogP contribution in [0.3, 0.4) is 0 Å². The molecule has 0 spiro atoms. The van der Waals surface area contributed by atoms with E-state index in [2.05, 4.69) is 61.2 Å². The minimum absolute atomic E-state index is 0.454. The fourth-order valence-electron chi connectivity index (χ4n) is 1.59. The topological polar surface area (TPSA) is 20.2 Å². The van der Waals surface area contributed by atoms with Crippen molar-refractivity contribution in [3.63, 3.8) is 0 Å². The molecule has 3 heteroatoms. The van der Waals surface area contributed by atoms with Crippen LogP contribution >= 0.6 is 0 Å². The first kappa shape index (κ1) is 12.3. The maximum atomic E-state index is 3.42. The molecule has 1 aromatic heterocycles. The molecule has 0 aliphatic carbocycles. The second-order valence-electron chi connectivity index (χ2n) is 4.27. The minimum Gasteiger partial charge on any atom is -0.353 e. The van der Waals surface area contributed by atoms with Gasteiger partial charge in [0.1, 0.15) is 0 Å².